The van der Waals surface area contributed by atoms with Gasteiger partial charge in [0.2, 0.25) is 0 Å². The average molecular weight is 309 g/mol. The molecular formula is C14H21N4O2S+. The molecule has 2 N–H and O–H groups in total. The number of carbonyl (C=O) groups excluding carboxylic acids is 1. The number of hydrogen-bond donors (Lipinski definition) is 2. The number of thiazole rings is 1. The molecule has 2 heterocycles. The summed E-state index contributed by atoms with van der Waals surface area (Å²) in [7, 11) is 1.92. The number of nitrogens with zero attached hydrogens (tertiary/aromatic N) is 2. The Hall–Kier alpha value is -1.73. The Labute approximate surface area is 127 Å². The Morgan fingerprint density at radius 1 is 1.48 bits per heavy atom. The SMILES string of the molecule is C[NH+](CC(=O)NC(C)(C)C)Cc1cc(=O)n2ccsc2n1. The van der Waals surface area contributed by atoms with Crippen LogP contribution in [0.2, 0.25) is 0 Å². The largest absolute Gasteiger partial charge is 0.347 e. The van der Waals surface area contributed by atoms with Gasteiger partial charge in [0.1, 0.15) is 12.2 Å². The molecule has 1 atom stereocenters. The molecule has 7 heteroatoms. The zero-order valence-electron chi connectivity index (χ0n) is 12.8. The third kappa shape index (κ3) is 4.37. The van der Waals surface area contributed by atoms with Crippen LogP contribution in [0.3, 0.4) is 0 Å². The van der Waals surface area contributed by atoms with Crippen molar-refractivity contribution in [3.05, 3.63) is 33.7 Å². The first-order valence-corrected chi connectivity index (χ1v) is 7.71. The quantitative estimate of drug-likeness (QED) is 0.814. The molecule has 0 bridgehead atoms. The molecule has 21 heavy (non-hydrogen) atoms. The predicted octanol–water partition coefficient (Wildman–Crippen LogP) is -0.315. The van der Waals surface area contributed by atoms with Gasteiger partial charge >= 0.3 is 0 Å². The summed E-state index contributed by atoms with van der Waals surface area (Å²) in [5.74, 6) is -0.00563. The fraction of sp³-hybridized carbons (Fsp3) is 0.500. The first-order chi connectivity index (χ1) is 9.74. The van der Waals surface area contributed by atoms with E-state index in [1.807, 2.05) is 33.2 Å². The molecule has 0 fully saturated rings. The fourth-order valence-corrected chi connectivity index (χ4v) is 2.83. The highest BCUT2D eigenvalue weighted by atomic mass is 32.1. The van der Waals surface area contributed by atoms with Crippen molar-refractivity contribution < 1.29 is 9.69 Å². The summed E-state index contributed by atoms with van der Waals surface area (Å²) >= 11 is 1.43. The van der Waals surface area contributed by atoms with E-state index in [-0.39, 0.29) is 17.0 Å². The van der Waals surface area contributed by atoms with Gasteiger partial charge in [-0.1, -0.05) is 0 Å². The lowest BCUT2D eigenvalue weighted by atomic mass is 10.1. The molecule has 0 saturated carbocycles. The third-order valence-electron chi connectivity index (χ3n) is 2.82. The lowest BCUT2D eigenvalue weighted by Crippen LogP contribution is -3.09. The van der Waals surface area contributed by atoms with Crippen LogP contribution in [0, 0.1) is 0 Å². The second-order valence-electron chi connectivity index (χ2n) is 6.25. The number of aromatic nitrogens is 2. The normalized spacial score (nSPS) is 13.3. The van der Waals surface area contributed by atoms with Crippen LogP contribution in [0.1, 0.15) is 26.5 Å². The first-order valence-electron chi connectivity index (χ1n) is 6.83. The minimum Gasteiger partial charge on any atom is -0.347 e. The highest BCUT2D eigenvalue weighted by molar-refractivity contribution is 7.15. The molecule has 1 unspecified atom stereocenters. The Morgan fingerprint density at radius 2 is 2.19 bits per heavy atom. The van der Waals surface area contributed by atoms with Crippen LogP contribution in [-0.4, -0.2) is 34.4 Å². The topological polar surface area (TPSA) is 67.9 Å². The monoisotopic (exact) mass is 309 g/mol. The van der Waals surface area contributed by atoms with Crippen molar-refractivity contribution in [2.75, 3.05) is 13.6 Å². The molecule has 2 rings (SSSR count). The number of fused-ring (bicyclic) bond motifs is 1. The van der Waals surface area contributed by atoms with E-state index in [4.69, 9.17) is 0 Å². The smallest absolute Gasteiger partial charge is 0.275 e. The van der Waals surface area contributed by atoms with Gasteiger partial charge in [-0.3, -0.25) is 14.0 Å². The van der Waals surface area contributed by atoms with E-state index in [9.17, 15) is 9.59 Å². The number of amides is 1. The van der Waals surface area contributed by atoms with E-state index in [0.29, 0.717) is 23.7 Å². The summed E-state index contributed by atoms with van der Waals surface area (Å²) in [5.41, 5.74) is 0.399. The van der Waals surface area contributed by atoms with Gasteiger partial charge in [0.25, 0.3) is 11.5 Å². The lowest BCUT2D eigenvalue weighted by molar-refractivity contribution is -0.885. The van der Waals surface area contributed by atoms with E-state index >= 15 is 0 Å². The summed E-state index contributed by atoms with van der Waals surface area (Å²) in [6.07, 6.45) is 1.71. The molecule has 0 aliphatic heterocycles. The van der Waals surface area contributed by atoms with Crippen molar-refractivity contribution in [2.45, 2.75) is 32.9 Å². The van der Waals surface area contributed by atoms with Crippen LogP contribution in [0.25, 0.3) is 4.96 Å². The Bertz CT molecular complexity index is 699. The standard InChI is InChI=1S/C14H20N4O2S/c1-14(2,3)16-11(19)9-17(4)8-10-7-12(20)18-5-6-21-13(18)15-10/h5-7H,8-9H2,1-4H3,(H,16,19)/p+1. The molecule has 1 amide bonds. The molecule has 2 aromatic heterocycles. The molecular weight excluding hydrogens is 288 g/mol. The van der Waals surface area contributed by atoms with E-state index in [1.54, 1.807) is 6.20 Å². The average Bonchev–Trinajstić information content (AvgIpc) is 2.73. The van der Waals surface area contributed by atoms with Crippen LogP contribution in [0.15, 0.2) is 22.4 Å². The Kier molecular flexibility index (Phi) is 4.43. The van der Waals surface area contributed by atoms with Gasteiger partial charge in [-0.2, -0.15) is 0 Å². The number of quaternary nitrogens is 1. The Morgan fingerprint density at radius 3 is 2.86 bits per heavy atom. The fourth-order valence-electron chi connectivity index (χ4n) is 2.09. The summed E-state index contributed by atoms with van der Waals surface area (Å²) in [4.78, 5) is 29.9. The maximum absolute atomic E-state index is 11.9. The maximum Gasteiger partial charge on any atom is 0.275 e. The summed E-state index contributed by atoms with van der Waals surface area (Å²) in [6, 6.07) is 1.53. The van der Waals surface area contributed by atoms with E-state index < -0.39 is 0 Å². The predicted molar refractivity (Wildman–Crippen MR) is 82.7 cm³/mol. The van der Waals surface area contributed by atoms with E-state index in [1.165, 1.54) is 21.8 Å². The summed E-state index contributed by atoms with van der Waals surface area (Å²) in [6.45, 7) is 6.75. The van der Waals surface area contributed by atoms with Gasteiger partial charge in [0.15, 0.2) is 11.5 Å². The van der Waals surface area contributed by atoms with Gasteiger partial charge in [-0.25, -0.2) is 4.98 Å². The first kappa shape index (κ1) is 15.7. The van der Waals surface area contributed by atoms with Crippen LogP contribution in [0.4, 0.5) is 0 Å². The molecule has 2 aromatic rings. The van der Waals surface area contributed by atoms with Crippen LogP contribution >= 0.6 is 11.3 Å². The number of likely N-dealkylation sites (N-methyl/N-ethyl adjacent to an activating group) is 1. The molecule has 0 spiro atoms. The van der Waals surface area contributed by atoms with E-state index in [0.717, 1.165) is 4.90 Å². The number of rotatable bonds is 4. The highest BCUT2D eigenvalue weighted by Crippen LogP contribution is 2.05. The number of carbonyl (C=O) groups is 1. The second-order valence-corrected chi connectivity index (χ2v) is 7.12. The number of nitrogens with one attached hydrogen (secondary N) is 2. The zero-order chi connectivity index (χ0) is 15.6. The molecule has 0 aliphatic rings. The van der Waals surface area contributed by atoms with Crippen LogP contribution in [0.5, 0.6) is 0 Å². The minimum atomic E-state index is -0.232. The summed E-state index contributed by atoms with van der Waals surface area (Å²) < 4.78 is 1.52. The minimum absolute atomic E-state index is 0.00563. The van der Waals surface area contributed by atoms with Gasteiger partial charge in [-0.05, 0) is 20.8 Å². The van der Waals surface area contributed by atoms with Gasteiger partial charge in [0.05, 0.1) is 7.05 Å². The highest BCUT2D eigenvalue weighted by Gasteiger charge is 2.17. The zero-order valence-corrected chi connectivity index (χ0v) is 13.6. The Balaban J connectivity index is 2.02. The number of hydrogen-bond acceptors (Lipinski definition) is 4. The molecule has 0 aliphatic carbocycles. The van der Waals surface area contributed by atoms with Crippen molar-refractivity contribution >= 4 is 22.2 Å². The van der Waals surface area contributed by atoms with Crippen LogP contribution in [-0.2, 0) is 11.3 Å². The van der Waals surface area contributed by atoms with Crippen molar-refractivity contribution in [3.63, 3.8) is 0 Å². The van der Waals surface area contributed by atoms with Crippen molar-refractivity contribution in [3.8, 4) is 0 Å². The third-order valence-corrected chi connectivity index (χ3v) is 3.57. The second kappa shape index (κ2) is 5.95. The molecule has 114 valence electrons. The maximum atomic E-state index is 11.9. The van der Waals surface area contributed by atoms with Gasteiger partial charge < -0.3 is 10.2 Å². The van der Waals surface area contributed by atoms with Gasteiger partial charge in [-0.15, -0.1) is 11.3 Å². The van der Waals surface area contributed by atoms with E-state index in [2.05, 4.69) is 10.3 Å². The van der Waals surface area contributed by atoms with Crippen molar-refractivity contribution in [1.29, 1.82) is 0 Å². The van der Waals surface area contributed by atoms with Crippen molar-refractivity contribution in [1.82, 2.24) is 14.7 Å². The molecule has 0 radical (unpaired) electrons. The molecule has 6 nitrogen and oxygen atoms in total. The van der Waals surface area contributed by atoms with Crippen molar-refractivity contribution in [2.24, 2.45) is 0 Å². The summed E-state index contributed by atoms with van der Waals surface area (Å²) in [5, 5.41) is 4.76. The molecule has 0 aromatic carbocycles. The molecule has 0 saturated heterocycles. The van der Waals surface area contributed by atoms with Gasteiger partial charge in [0, 0.05) is 23.2 Å². The lowest BCUT2D eigenvalue weighted by Gasteiger charge is -2.21. The van der Waals surface area contributed by atoms with Crippen LogP contribution < -0.4 is 15.8 Å².